The fraction of sp³-hybridized carbons (Fsp3) is 0.233. The van der Waals surface area contributed by atoms with Gasteiger partial charge in [-0.3, -0.25) is 9.69 Å². The lowest BCUT2D eigenvalue weighted by atomic mass is 10.0. The van der Waals surface area contributed by atoms with E-state index in [2.05, 4.69) is 25.1 Å². The third-order valence-corrected chi connectivity index (χ3v) is 7.95. The van der Waals surface area contributed by atoms with Crippen molar-refractivity contribution in [3.63, 3.8) is 0 Å². The van der Waals surface area contributed by atoms with Gasteiger partial charge in [-0.2, -0.15) is 18.2 Å². The zero-order valence-electron chi connectivity index (χ0n) is 24.8. The van der Waals surface area contributed by atoms with Gasteiger partial charge in [0.25, 0.3) is 0 Å². The quantitative estimate of drug-likeness (QED) is 0.185. The van der Waals surface area contributed by atoms with E-state index in [1.165, 1.54) is 40.2 Å². The second kappa shape index (κ2) is 13.9. The molecule has 0 spiro atoms. The van der Waals surface area contributed by atoms with E-state index in [-0.39, 0.29) is 33.1 Å². The number of carbonyl (C=O) groups excluding carboxylic acids is 2. The summed E-state index contributed by atoms with van der Waals surface area (Å²) >= 11 is 7.40. The number of aromatic nitrogens is 3. The van der Waals surface area contributed by atoms with Crippen LogP contribution in [0.3, 0.4) is 0 Å². The first kappa shape index (κ1) is 34.7. The van der Waals surface area contributed by atoms with Gasteiger partial charge >= 0.3 is 18.6 Å². The van der Waals surface area contributed by atoms with Crippen LogP contribution in [-0.4, -0.2) is 56.8 Å². The third kappa shape index (κ3) is 8.64. The highest BCUT2D eigenvalue weighted by Crippen LogP contribution is 2.33. The first-order chi connectivity index (χ1) is 22.6. The molecule has 0 saturated carbocycles. The van der Waals surface area contributed by atoms with Gasteiger partial charge in [0, 0.05) is 11.1 Å². The first-order valence-corrected chi connectivity index (χ1v) is 15.1. The number of carbonyl (C=O) groups is 2. The average Bonchev–Trinajstić information content (AvgIpc) is 3.62. The molecule has 252 valence electrons. The van der Waals surface area contributed by atoms with E-state index in [9.17, 15) is 35.9 Å². The van der Waals surface area contributed by atoms with Crippen LogP contribution in [0.4, 0.5) is 42.5 Å². The van der Waals surface area contributed by atoms with Crippen LogP contribution >= 0.6 is 23.4 Å². The number of urea groups is 1. The first-order valence-electron chi connectivity index (χ1n) is 13.7. The highest BCUT2D eigenvalue weighted by Gasteiger charge is 2.34. The van der Waals surface area contributed by atoms with Crippen molar-refractivity contribution >= 4 is 51.8 Å². The van der Waals surface area contributed by atoms with Crippen LogP contribution in [0.1, 0.15) is 16.7 Å². The van der Waals surface area contributed by atoms with Crippen LogP contribution in [0.15, 0.2) is 65.9 Å². The fourth-order valence-corrected chi connectivity index (χ4v) is 5.53. The molecule has 5 rings (SSSR count). The second-order valence-corrected chi connectivity index (χ2v) is 11.6. The number of aryl methyl sites for hydroxylation is 2. The number of anilines is 2. The minimum atomic E-state index is -4.82. The average molecular weight is 713 g/mol. The summed E-state index contributed by atoms with van der Waals surface area (Å²) in [6, 6.07) is 11.9. The summed E-state index contributed by atoms with van der Waals surface area (Å²) in [7, 11) is 0. The van der Waals surface area contributed by atoms with Crippen molar-refractivity contribution in [3.8, 4) is 22.8 Å². The lowest BCUT2D eigenvalue weighted by molar-refractivity contribution is -0.274. The van der Waals surface area contributed by atoms with Gasteiger partial charge < -0.3 is 14.8 Å². The third-order valence-electron chi connectivity index (χ3n) is 6.72. The number of hydrogen-bond acceptors (Lipinski definition) is 7. The van der Waals surface area contributed by atoms with Gasteiger partial charge in [-0.05, 0) is 73.5 Å². The number of benzene rings is 3. The number of halogens is 7. The molecule has 1 saturated heterocycles. The van der Waals surface area contributed by atoms with Crippen molar-refractivity contribution < 1.29 is 45.4 Å². The highest BCUT2D eigenvalue weighted by atomic mass is 35.5. The van der Waals surface area contributed by atoms with Gasteiger partial charge in [0.15, 0.2) is 11.0 Å². The van der Waals surface area contributed by atoms with Crippen LogP contribution in [-0.2, 0) is 16.1 Å². The van der Waals surface area contributed by atoms with Crippen molar-refractivity contribution in [2.45, 2.75) is 33.0 Å². The monoisotopic (exact) mass is 712 g/mol. The van der Waals surface area contributed by atoms with Crippen molar-refractivity contribution in [3.05, 3.63) is 82.6 Å². The van der Waals surface area contributed by atoms with Crippen LogP contribution in [0.25, 0.3) is 17.1 Å². The number of aliphatic imine (C=N–C) groups is 1. The predicted octanol–water partition coefficient (Wildman–Crippen LogP) is 7.85. The molecule has 48 heavy (non-hydrogen) atoms. The van der Waals surface area contributed by atoms with Crippen LogP contribution in [0, 0.1) is 13.8 Å². The topological polar surface area (TPSA) is 111 Å². The molecule has 1 N–H and O–H groups in total. The molecule has 0 atom stereocenters. The molecule has 0 bridgehead atoms. The Labute approximate surface area is 277 Å². The Morgan fingerprint density at radius 1 is 1.04 bits per heavy atom. The van der Waals surface area contributed by atoms with Crippen LogP contribution in [0.2, 0.25) is 5.02 Å². The Balaban J connectivity index is 1.30. The van der Waals surface area contributed by atoms with E-state index in [0.29, 0.717) is 16.8 Å². The van der Waals surface area contributed by atoms with E-state index in [1.54, 1.807) is 32.0 Å². The normalized spacial score (nSPS) is 14.6. The van der Waals surface area contributed by atoms with Gasteiger partial charge in [-0.25, -0.2) is 14.5 Å². The van der Waals surface area contributed by atoms with E-state index in [1.807, 2.05) is 0 Å². The summed E-state index contributed by atoms with van der Waals surface area (Å²) in [6.07, 6.45) is -7.99. The molecule has 1 fully saturated rings. The number of alkyl halides is 6. The maximum atomic E-state index is 13.0. The lowest BCUT2D eigenvalue weighted by Crippen LogP contribution is -2.31. The molecule has 18 heteroatoms. The summed E-state index contributed by atoms with van der Waals surface area (Å²) in [5.74, 6) is -0.657. The second-order valence-electron chi connectivity index (χ2n) is 10.3. The minimum absolute atomic E-state index is 0.0127. The largest absolute Gasteiger partial charge is 0.573 e. The molecule has 0 radical (unpaired) electrons. The molecule has 1 aromatic heterocycles. The molecule has 1 aliphatic rings. The van der Waals surface area contributed by atoms with Crippen molar-refractivity contribution in [1.29, 1.82) is 0 Å². The van der Waals surface area contributed by atoms with Crippen LogP contribution in [0.5, 0.6) is 5.75 Å². The Bertz CT molecular complexity index is 1880. The molecular weight excluding hydrogens is 690 g/mol. The Kier molecular flexibility index (Phi) is 10.0. The number of hydrogen-bond donors (Lipinski definition) is 1. The number of ether oxygens (including phenoxy) is 2. The van der Waals surface area contributed by atoms with E-state index < -0.39 is 43.4 Å². The number of amides is 3. The molecule has 10 nitrogen and oxygen atoms in total. The number of rotatable bonds is 8. The SMILES string of the molecule is Cc1cc(COCC(F)(F)F)c(N2C(=O)CS/C2=N\C(=O)Nc2ccc(-n3cnc(-c4ccc(OC(F)(F)F)cc4)n3)cc2Cl)cc1C. The molecule has 0 aliphatic carbocycles. The summed E-state index contributed by atoms with van der Waals surface area (Å²) in [4.78, 5) is 35.2. The number of thioether (sulfide) groups is 1. The maximum absolute atomic E-state index is 13.0. The maximum Gasteiger partial charge on any atom is 0.573 e. The Hall–Kier alpha value is -4.61. The van der Waals surface area contributed by atoms with Gasteiger partial charge in [-0.1, -0.05) is 29.4 Å². The summed E-state index contributed by atoms with van der Waals surface area (Å²) in [5.41, 5.74) is 3.14. The summed E-state index contributed by atoms with van der Waals surface area (Å²) in [6.45, 7) is 1.64. The van der Waals surface area contributed by atoms with Gasteiger partial charge in [0.2, 0.25) is 5.91 Å². The zero-order valence-corrected chi connectivity index (χ0v) is 26.4. The molecule has 0 unspecified atom stereocenters. The molecule has 2 heterocycles. The molecule has 3 aromatic carbocycles. The van der Waals surface area contributed by atoms with E-state index in [0.717, 1.165) is 35.0 Å². The predicted molar refractivity (Wildman–Crippen MR) is 167 cm³/mol. The van der Waals surface area contributed by atoms with Crippen LogP contribution < -0.4 is 15.0 Å². The fourth-order valence-electron chi connectivity index (χ4n) is 4.45. The highest BCUT2D eigenvalue weighted by molar-refractivity contribution is 8.15. The summed E-state index contributed by atoms with van der Waals surface area (Å²) in [5, 5.41) is 6.97. The van der Waals surface area contributed by atoms with Crippen molar-refractivity contribution in [1.82, 2.24) is 14.8 Å². The smallest absolute Gasteiger partial charge is 0.406 e. The molecule has 3 amide bonds. The van der Waals surface area contributed by atoms with Crippen molar-refractivity contribution in [2.24, 2.45) is 4.99 Å². The lowest BCUT2D eigenvalue weighted by Gasteiger charge is -2.22. The van der Waals surface area contributed by atoms with Gasteiger partial charge in [-0.15, -0.1) is 18.3 Å². The number of nitrogens with one attached hydrogen (secondary N) is 1. The minimum Gasteiger partial charge on any atom is -0.406 e. The molecular formula is C30H23ClF6N6O4S. The van der Waals surface area contributed by atoms with Gasteiger partial charge in [0.05, 0.1) is 34.4 Å². The molecule has 4 aromatic rings. The standard InChI is InChI=1S/C30H23ClF6N6O4S/c1-16-9-19(12-46-14-29(32,33)34)24(10-17(16)2)43-25(44)13-48-28(43)40-27(45)39-23-8-5-20(11-22(23)31)42-15-38-26(41-42)18-3-6-21(7-4-18)47-30(35,36)37/h3-11,15H,12-14H2,1-2H3,(H,39,45)/b40-28-. The van der Waals surface area contributed by atoms with Crippen molar-refractivity contribution in [2.75, 3.05) is 22.6 Å². The molecule has 1 aliphatic heterocycles. The number of amidine groups is 1. The number of nitrogens with zero attached hydrogens (tertiary/aromatic N) is 5. The van der Waals surface area contributed by atoms with Gasteiger partial charge in [0.1, 0.15) is 18.7 Å². The van der Waals surface area contributed by atoms with E-state index >= 15 is 0 Å². The Morgan fingerprint density at radius 3 is 2.42 bits per heavy atom. The van der Waals surface area contributed by atoms with E-state index in [4.69, 9.17) is 16.3 Å². The zero-order chi connectivity index (χ0) is 34.8. The summed E-state index contributed by atoms with van der Waals surface area (Å²) < 4.78 is 85.5. The Morgan fingerprint density at radius 2 is 1.75 bits per heavy atom.